The third-order valence-electron chi connectivity index (χ3n) is 5.45. The summed E-state index contributed by atoms with van der Waals surface area (Å²) in [5, 5.41) is 3.02. The van der Waals surface area contributed by atoms with E-state index in [-0.39, 0.29) is 18.5 Å². The molecule has 2 fully saturated rings. The summed E-state index contributed by atoms with van der Waals surface area (Å²) in [5.41, 5.74) is 0. The number of hydrogen-bond donors (Lipinski definition) is 1. The molecule has 7 nitrogen and oxygen atoms in total. The minimum absolute atomic E-state index is 0.0247. The van der Waals surface area contributed by atoms with E-state index in [4.69, 9.17) is 4.74 Å². The average Bonchev–Trinajstić information content (AvgIpc) is 3.12. The van der Waals surface area contributed by atoms with Crippen LogP contribution in [0.2, 0.25) is 0 Å². The van der Waals surface area contributed by atoms with Crippen molar-refractivity contribution in [3.05, 3.63) is 30.3 Å². The molecule has 1 aromatic carbocycles. The summed E-state index contributed by atoms with van der Waals surface area (Å²) in [6.45, 7) is 4.12. The first-order valence-corrected chi connectivity index (χ1v) is 9.82. The molecular formula is C20H30N4O3. The van der Waals surface area contributed by atoms with Crippen LogP contribution in [-0.2, 0) is 4.79 Å². The van der Waals surface area contributed by atoms with Crippen LogP contribution in [0.4, 0.5) is 4.79 Å². The lowest BCUT2D eigenvalue weighted by molar-refractivity contribution is -0.134. The van der Waals surface area contributed by atoms with Crippen molar-refractivity contribution in [2.24, 2.45) is 0 Å². The molecule has 0 saturated carbocycles. The molecule has 2 aliphatic rings. The van der Waals surface area contributed by atoms with Crippen molar-refractivity contribution < 1.29 is 14.3 Å². The van der Waals surface area contributed by atoms with E-state index < -0.39 is 0 Å². The molecule has 0 bridgehead atoms. The standard InChI is InChI=1S/C20H30N4O3/c1-22-11-5-6-17(22)9-10-21-20(26)24-14-12-23(13-15-24)19(25)16-27-18-7-3-2-4-8-18/h2-4,7-8,17H,5-6,9-16H2,1H3,(H,21,26)/t17-/m0/s1. The van der Waals surface area contributed by atoms with E-state index in [2.05, 4.69) is 17.3 Å². The molecule has 2 heterocycles. The lowest BCUT2D eigenvalue weighted by Crippen LogP contribution is -2.54. The Morgan fingerprint density at radius 1 is 1.07 bits per heavy atom. The first kappa shape index (κ1) is 19.5. The summed E-state index contributed by atoms with van der Waals surface area (Å²) in [6.07, 6.45) is 3.47. The predicted molar refractivity (Wildman–Crippen MR) is 104 cm³/mol. The molecule has 2 saturated heterocycles. The van der Waals surface area contributed by atoms with Crippen LogP contribution in [0.25, 0.3) is 0 Å². The third kappa shape index (κ3) is 5.60. The van der Waals surface area contributed by atoms with E-state index in [1.54, 1.807) is 9.80 Å². The molecule has 0 aromatic heterocycles. The van der Waals surface area contributed by atoms with Gasteiger partial charge >= 0.3 is 6.03 Å². The Labute approximate surface area is 161 Å². The number of rotatable bonds is 6. The molecular weight excluding hydrogens is 344 g/mol. The van der Waals surface area contributed by atoms with Gasteiger partial charge in [0.2, 0.25) is 0 Å². The van der Waals surface area contributed by atoms with Crippen LogP contribution in [0, 0.1) is 0 Å². The predicted octanol–water partition coefficient (Wildman–Crippen LogP) is 1.40. The van der Waals surface area contributed by atoms with Crippen molar-refractivity contribution in [3.8, 4) is 5.75 Å². The second kappa shape index (κ2) is 9.60. The van der Waals surface area contributed by atoms with E-state index in [0.717, 1.165) is 13.0 Å². The summed E-state index contributed by atoms with van der Waals surface area (Å²) in [7, 11) is 2.15. The highest BCUT2D eigenvalue weighted by molar-refractivity contribution is 5.79. The summed E-state index contributed by atoms with van der Waals surface area (Å²) in [5.74, 6) is 0.653. The van der Waals surface area contributed by atoms with E-state index in [9.17, 15) is 9.59 Å². The minimum atomic E-state index is -0.0387. The number of nitrogens with one attached hydrogen (secondary N) is 1. The van der Waals surface area contributed by atoms with Crippen LogP contribution >= 0.6 is 0 Å². The molecule has 0 spiro atoms. The highest BCUT2D eigenvalue weighted by Gasteiger charge is 2.25. The molecule has 148 valence electrons. The molecule has 1 N–H and O–H groups in total. The largest absolute Gasteiger partial charge is 0.484 e. The van der Waals surface area contributed by atoms with Crippen molar-refractivity contribution in [1.29, 1.82) is 0 Å². The second-order valence-corrected chi connectivity index (χ2v) is 7.27. The number of benzene rings is 1. The van der Waals surface area contributed by atoms with Gasteiger partial charge in [0.25, 0.3) is 5.91 Å². The molecule has 2 aliphatic heterocycles. The molecule has 3 rings (SSSR count). The van der Waals surface area contributed by atoms with Gasteiger partial charge in [0, 0.05) is 38.8 Å². The quantitative estimate of drug-likeness (QED) is 0.818. The molecule has 27 heavy (non-hydrogen) atoms. The Kier molecular flexibility index (Phi) is 6.92. The number of piperazine rings is 1. The number of urea groups is 1. The first-order chi connectivity index (χ1) is 13.1. The van der Waals surface area contributed by atoms with Crippen LogP contribution in [0.1, 0.15) is 19.3 Å². The number of carbonyl (C=O) groups is 2. The molecule has 0 aliphatic carbocycles. The number of ether oxygens (including phenoxy) is 1. The Balaban J connectivity index is 1.33. The van der Waals surface area contributed by atoms with E-state index in [0.29, 0.717) is 44.5 Å². The molecule has 1 atom stereocenters. The third-order valence-corrected chi connectivity index (χ3v) is 5.45. The van der Waals surface area contributed by atoms with Gasteiger partial charge in [0.1, 0.15) is 5.75 Å². The maximum Gasteiger partial charge on any atom is 0.317 e. The van der Waals surface area contributed by atoms with Gasteiger partial charge in [0.05, 0.1) is 0 Å². The topological polar surface area (TPSA) is 65.1 Å². The summed E-state index contributed by atoms with van der Waals surface area (Å²) in [4.78, 5) is 30.5. The fourth-order valence-corrected chi connectivity index (χ4v) is 3.71. The summed E-state index contributed by atoms with van der Waals surface area (Å²) in [6, 6.07) is 9.89. The lowest BCUT2D eigenvalue weighted by atomic mass is 10.1. The van der Waals surface area contributed by atoms with Gasteiger partial charge in [-0.1, -0.05) is 18.2 Å². The smallest absolute Gasteiger partial charge is 0.317 e. The molecule has 7 heteroatoms. The maximum atomic E-state index is 12.3. The Morgan fingerprint density at radius 2 is 1.78 bits per heavy atom. The normalized spacial score (nSPS) is 20.6. The SMILES string of the molecule is CN1CCC[C@H]1CCNC(=O)N1CCN(C(=O)COc2ccccc2)CC1. The number of likely N-dealkylation sites (tertiary alicyclic amines) is 1. The Morgan fingerprint density at radius 3 is 2.44 bits per heavy atom. The molecule has 0 radical (unpaired) electrons. The highest BCUT2D eigenvalue weighted by Crippen LogP contribution is 2.17. The van der Waals surface area contributed by atoms with E-state index >= 15 is 0 Å². The lowest BCUT2D eigenvalue weighted by Gasteiger charge is -2.34. The van der Waals surface area contributed by atoms with Crippen LogP contribution in [-0.4, -0.2) is 85.6 Å². The molecule has 3 amide bonds. The maximum absolute atomic E-state index is 12.3. The Bertz CT molecular complexity index is 617. The summed E-state index contributed by atoms with van der Waals surface area (Å²) < 4.78 is 5.52. The number of amides is 3. The monoisotopic (exact) mass is 374 g/mol. The van der Waals surface area contributed by atoms with Gasteiger partial charge in [-0.05, 0) is 45.0 Å². The number of hydrogen-bond acceptors (Lipinski definition) is 4. The van der Waals surface area contributed by atoms with Crippen molar-refractivity contribution in [2.75, 3.05) is 52.9 Å². The van der Waals surface area contributed by atoms with Gasteiger partial charge in [-0.3, -0.25) is 4.79 Å². The van der Waals surface area contributed by atoms with E-state index in [1.807, 2.05) is 30.3 Å². The van der Waals surface area contributed by atoms with Crippen molar-refractivity contribution in [1.82, 2.24) is 20.0 Å². The Hall–Kier alpha value is -2.28. The zero-order chi connectivity index (χ0) is 19.1. The number of carbonyl (C=O) groups excluding carboxylic acids is 2. The fourth-order valence-electron chi connectivity index (χ4n) is 3.71. The van der Waals surface area contributed by atoms with Crippen LogP contribution < -0.4 is 10.1 Å². The van der Waals surface area contributed by atoms with Gasteiger partial charge in [-0.2, -0.15) is 0 Å². The molecule has 1 aromatic rings. The van der Waals surface area contributed by atoms with Gasteiger partial charge in [0.15, 0.2) is 6.61 Å². The zero-order valence-corrected chi connectivity index (χ0v) is 16.1. The van der Waals surface area contributed by atoms with Crippen LogP contribution in [0.15, 0.2) is 30.3 Å². The number of nitrogens with zero attached hydrogens (tertiary/aromatic N) is 3. The second-order valence-electron chi connectivity index (χ2n) is 7.27. The minimum Gasteiger partial charge on any atom is -0.484 e. The summed E-state index contributed by atoms with van der Waals surface area (Å²) >= 11 is 0. The molecule has 0 unspecified atom stereocenters. The number of para-hydroxylation sites is 1. The highest BCUT2D eigenvalue weighted by atomic mass is 16.5. The van der Waals surface area contributed by atoms with Crippen molar-refractivity contribution in [2.45, 2.75) is 25.3 Å². The first-order valence-electron chi connectivity index (χ1n) is 9.82. The van der Waals surface area contributed by atoms with E-state index in [1.165, 1.54) is 12.8 Å². The fraction of sp³-hybridized carbons (Fsp3) is 0.600. The van der Waals surface area contributed by atoms with Gasteiger partial charge < -0.3 is 24.8 Å². The van der Waals surface area contributed by atoms with Crippen LogP contribution in [0.3, 0.4) is 0 Å². The van der Waals surface area contributed by atoms with Crippen molar-refractivity contribution >= 4 is 11.9 Å². The van der Waals surface area contributed by atoms with Gasteiger partial charge in [-0.25, -0.2) is 4.79 Å². The zero-order valence-electron chi connectivity index (χ0n) is 16.1. The van der Waals surface area contributed by atoms with Crippen LogP contribution in [0.5, 0.6) is 5.75 Å². The average molecular weight is 374 g/mol. The van der Waals surface area contributed by atoms with Gasteiger partial charge in [-0.15, -0.1) is 0 Å². The van der Waals surface area contributed by atoms with Crippen molar-refractivity contribution in [3.63, 3.8) is 0 Å².